The first-order valence-corrected chi connectivity index (χ1v) is 10.8. The Hall–Kier alpha value is -2.66. The molecule has 0 atom stereocenters. The van der Waals surface area contributed by atoms with Crippen LogP contribution in [-0.2, 0) is 30.0 Å². The number of alkyl halides is 3. The van der Waals surface area contributed by atoms with Gasteiger partial charge in [0.15, 0.2) is 5.75 Å². The Morgan fingerprint density at radius 2 is 1.93 bits per heavy atom. The molecule has 30 heavy (non-hydrogen) atoms. The van der Waals surface area contributed by atoms with Crippen molar-refractivity contribution in [3.63, 3.8) is 0 Å². The van der Waals surface area contributed by atoms with Crippen LogP contribution >= 0.6 is 0 Å². The zero-order chi connectivity index (χ0) is 22.1. The quantitative estimate of drug-likeness (QED) is 0.609. The fourth-order valence-corrected chi connectivity index (χ4v) is 4.07. The fraction of sp³-hybridized carbons (Fsp3) is 0.368. The molecule has 0 amide bonds. The summed E-state index contributed by atoms with van der Waals surface area (Å²) in [7, 11) is -0.690. The molecule has 11 heteroatoms. The van der Waals surface area contributed by atoms with Crippen LogP contribution in [0.4, 0.5) is 24.7 Å². The lowest BCUT2D eigenvalue weighted by atomic mass is 10.1. The second kappa shape index (κ2) is 8.23. The summed E-state index contributed by atoms with van der Waals surface area (Å²) in [5.74, 6) is -1.19. The first-order chi connectivity index (χ1) is 14.0. The van der Waals surface area contributed by atoms with Crippen LogP contribution in [0.15, 0.2) is 36.8 Å². The van der Waals surface area contributed by atoms with E-state index in [1.54, 1.807) is 30.7 Å². The number of nitrogens with one attached hydrogen (secondary N) is 1. The van der Waals surface area contributed by atoms with Crippen LogP contribution in [0.1, 0.15) is 18.1 Å². The molecule has 3 rings (SSSR count). The SMILES string of the molecule is CCc1cc(CNS(=O)(=O)CC(F)(F)F)ccc1N(C)c1cc2c(cn1)ncn2C. The highest BCUT2D eigenvalue weighted by Gasteiger charge is 2.34. The number of hydrogen-bond acceptors (Lipinski definition) is 5. The molecular formula is C19H22F3N5O2S. The van der Waals surface area contributed by atoms with Crippen LogP contribution in [0.5, 0.6) is 0 Å². The van der Waals surface area contributed by atoms with Crippen molar-refractivity contribution in [1.29, 1.82) is 0 Å². The Morgan fingerprint density at radius 3 is 2.60 bits per heavy atom. The lowest BCUT2D eigenvalue weighted by Crippen LogP contribution is -2.33. The molecule has 2 aromatic heterocycles. The highest BCUT2D eigenvalue weighted by Crippen LogP contribution is 2.29. The molecule has 0 saturated heterocycles. The summed E-state index contributed by atoms with van der Waals surface area (Å²) in [5.41, 5.74) is 4.07. The van der Waals surface area contributed by atoms with E-state index in [9.17, 15) is 21.6 Å². The minimum absolute atomic E-state index is 0.214. The number of anilines is 2. The summed E-state index contributed by atoms with van der Waals surface area (Å²) >= 11 is 0. The first kappa shape index (κ1) is 22.0. The predicted octanol–water partition coefficient (Wildman–Crippen LogP) is 3.28. The van der Waals surface area contributed by atoms with Crippen LogP contribution in [0.25, 0.3) is 11.0 Å². The standard InChI is InChI=1S/C19H22F3N5O2S/c1-4-14-7-13(9-25-30(28,29)11-19(20,21)22)5-6-16(14)27(3)18-8-17-15(10-23-18)24-12-26(17)2/h5-8,10,12,25H,4,9,11H2,1-3H3. The lowest BCUT2D eigenvalue weighted by Gasteiger charge is -2.22. The number of pyridine rings is 1. The second-order valence-corrected chi connectivity index (χ2v) is 8.76. The Bertz CT molecular complexity index is 1160. The molecule has 0 aliphatic heterocycles. The van der Waals surface area contributed by atoms with Crippen molar-refractivity contribution >= 4 is 32.6 Å². The maximum atomic E-state index is 12.4. The molecule has 0 spiro atoms. The van der Waals surface area contributed by atoms with E-state index in [2.05, 4.69) is 9.97 Å². The van der Waals surface area contributed by atoms with Crippen molar-refractivity contribution in [2.24, 2.45) is 7.05 Å². The van der Waals surface area contributed by atoms with Gasteiger partial charge in [0.05, 0.1) is 18.0 Å². The highest BCUT2D eigenvalue weighted by molar-refractivity contribution is 7.89. The van der Waals surface area contributed by atoms with Crippen LogP contribution in [0, 0.1) is 0 Å². The summed E-state index contributed by atoms with van der Waals surface area (Å²) in [5, 5.41) is 0. The molecule has 0 aliphatic rings. The number of benzene rings is 1. The molecule has 0 saturated carbocycles. The monoisotopic (exact) mass is 441 g/mol. The van der Waals surface area contributed by atoms with E-state index in [0.29, 0.717) is 17.8 Å². The van der Waals surface area contributed by atoms with Gasteiger partial charge in [-0.05, 0) is 23.6 Å². The number of nitrogens with zero attached hydrogens (tertiary/aromatic N) is 4. The number of sulfonamides is 1. The molecular weight excluding hydrogens is 419 g/mol. The second-order valence-electron chi connectivity index (χ2n) is 6.96. The molecule has 7 nitrogen and oxygen atoms in total. The molecule has 0 unspecified atom stereocenters. The van der Waals surface area contributed by atoms with Gasteiger partial charge in [-0.3, -0.25) is 0 Å². The number of rotatable bonds is 7. The predicted molar refractivity (Wildman–Crippen MR) is 109 cm³/mol. The number of hydrogen-bond donors (Lipinski definition) is 1. The maximum Gasteiger partial charge on any atom is 0.404 e. The summed E-state index contributed by atoms with van der Waals surface area (Å²) in [4.78, 5) is 10.6. The summed E-state index contributed by atoms with van der Waals surface area (Å²) in [6, 6.07) is 7.19. The van der Waals surface area contributed by atoms with E-state index in [-0.39, 0.29) is 6.54 Å². The van der Waals surface area contributed by atoms with E-state index < -0.39 is 22.0 Å². The molecule has 2 heterocycles. The average Bonchev–Trinajstić information content (AvgIpc) is 3.04. The van der Waals surface area contributed by atoms with Gasteiger partial charge in [0.2, 0.25) is 10.0 Å². The zero-order valence-corrected chi connectivity index (χ0v) is 17.5. The van der Waals surface area contributed by atoms with Crippen molar-refractivity contribution in [2.75, 3.05) is 17.7 Å². The van der Waals surface area contributed by atoms with E-state index in [4.69, 9.17) is 0 Å². The topological polar surface area (TPSA) is 80.1 Å². The molecule has 0 radical (unpaired) electrons. The van der Waals surface area contributed by atoms with Crippen molar-refractivity contribution in [3.05, 3.63) is 47.9 Å². The van der Waals surface area contributed by atoms with Gasteiger partial charge in [0.25, 0.3) is 0 Å². The van der Waals surface area contributed by atoms with Crippen molar-refractivity contribution in [3.8, 4) is 0 Å². The molecule has 0 aliphatic carbocycles. The van der Waals surface area contributed by atoms with Crippen molar-refractivity contribution in [2.45, 2.75) is 26.1 Å². The molecule has 1 aromatic carbocycles. The average molecular weight is 441 g/mol. The molecule has 162 valence electrons. The van der Waals surface area contributed by atoms with Gasteiger partial charge < -0.3 is 9.47 Å². The smallest absolute Gasteiger partial charge is 0.334 e. The first-order valence-electron chi connectivity index (χ1n) is 9.16. The normalized spacial score (nSPS) is 12.5. The maximum absolute atomic E-state index is 12.4. The Labute approximate surface area is 172 Å². The van der Waals surface area contributed by atoms with Crippen molar-refractivity contribution in [1.82, 2.24) is 19.3 Å². The summed E-state index contributed by atoms with van der Waals surface area (Å²) in [6.45, 7) is 1.73. The molecule has 0 bridgehead atoms. The van der Waals surface area contributed by atoms with Gasteiger partial charge >= 0.3 is 6.18 Å². The van der Waals surface area contributed by atoms with Gasteiger partial charge in [-0.25, -0.2) is 23.1 Å². The van der Waals surface area contributed by atoms with Gasteiger partial charge in [0, 0.05) is 32.4 Å². The van der Waals surface area contributed by atoms with E-state index >= 15 is 0 Å². The molecule has 3 aromatic rings. The number of imidazole rings is 1. The van der Waals surface area contributed by atoms with Crippen LogP contribution in [0.3, 0.4) is 0 Å². The Kier molecular flexibility index (Phi) is 6.04. The zero-order valence-electron chi connectivity index (χ0n) is 16.7. The number of aromatic nitrogens is 3. The van der Waals surface area contributed by atoms with E-state index in [1.165, 1.54) is 0 Å². The Balaban J connectivity index is 1.81. The van der Waals surface area contributed by atoms with Crippen LogP contribution in [-0.4, -0.2) is 41.9 Å². The number of halogens is 3. The number of aryl methyl sites for hydroxylation is 2. The van der Waals surface area contributed by atoms with E-state index in [0.717, 1.165) is 22.3 Å². The minimum Gasteiger partial charge on any atom is -0.334 e. The third kappa shape index (κ3) is 5.08. The van der Waals surface area contributed by atoms with Gasteiger partial charge in [0.1, 0.15) is 11.3 Å². The minimum atomic E-state index is -4.78. The highest BCUT2D eigenvalue weighted by atomic mass is 32.2. The lowest BCUT2D eigenvalue weighted by molar-refractivity contribution is -0.106. The van der Waals surface area contributed by atoms with Crippen LogP contribution < -0.4 is 9.62 Å². The summed E-state index contributed by atoms with van der Waals surface area (Å²) < 4.78 is 64.2. The third-order valence-corrected chi connectivity index (χ3v) is 5.97. The molecule has 1 N–H and O–H groups in total. The summed E-state index contributed by atoms with van der Waals surface area (Å²) in [6.07, 6.45) is -0.732. The largest absolute Gasteiger partial charge is 0.404 e. The fourth-order valence-electron chi connectivity index (χ4n) is 3.15. The van der Waals surface area contributed by atoms with Crippen molar-refractivity contribution < 1.29 is 21.6 Å². The third-order valence-electron chi connectivity index (χ3n) is 4.68. The number of fused-ring (bicyclic) bond motifs is 1. The van der Waals surface area contributed by atoms with Gasteiger partial charge in [-0.15, -0.1) is 0 Å². The Morgan fingerprint density at radius 1 is 1.20 bits per heavy atom. The van der Waals surface area contributed by atoms with E-state index in [1.807, 2.05) is 41.3 Å². The van der Waals surface area contributed by atoms with Gasteiger partial charge in [-0.1, -0.05) is 19.1 Å². The van der Waals surface area contributed by atoms with Crippen LogP contribution in [0.2, 0.25) is 0 Å². The molecule has 0 fully saturated rings. The van der Waals surface area contributed by atoms with Gasteiger partial charge in [-0.2, -0.15) is 13.2 Å².